The van der Waals surface area contributed by atoms with Gasteiger partial charge in [-0.05, 0) is 24.1 Å². The number of halogens is 1. The predicted molar refractivity (Wildman–Crippen MR) is 171 cm³/mol. The molecule has 210 valence electrons. The minimum atomic E-state index is -0.833. The number of carboxylic acid groups (broad SMARTS) is 1. The zero-order chi connectivity index (χ0) is 29.3. The third-order valence-electron chi connectivity index (χ3n) is 4.54. The molecule has 0 spiro atoms. The molecule has 0 amide bonds. The van der Waals surface area contributed by atoms with Crippen molar-refractivity contribution in [2.75, 3.05) is 6.54 Å². The molecule has 1 heterocycles. The number of unbranched alkanes of at least 4 members (excludes halogenated alkanes) is 3. The number of nitrogens with one attached hydrogen (secondary N) is 1. The fourth-order valence-electron chi connectivity index (χ4n) is 2.99. The van der Waals surface area contributed by atoms with E-state index in [1.54, 1.807) is 0 Å². The molecule has 2 N–H and O–H groups in total. The van der Waals surface area contributed by atoms with Crippen LogP contribution >= 0.6 is 15.9 Å². The Labute approximate surface area is 240 Å². The predicted octanol–water partition coefficient (Wildman–Crippen LogP) is 9.64. The zero-order valence-electron chi connectivity index (χ0n) is 24.6. The van der Waals surface area contributed by atoms with Crippen molar-refractivity contribution >= 4 is 33.6 Å². The maximum absolute atomic E-state index is 9.00. The molecule has 0 atom stereocenters. The van der Waals surface area contributed by atoms with Crippen LogP contribution in [0.5, 0.6) is 0 Å². The van der Waals surface area contributed by atoms with Crippen LogP contribution < -0.4 is 5.32 Å². The summed E-state index contributed by atoms with van der Waals surface area (Å²) in [5, 5.41) is 10.7. The molecule has 0 unspecified atom stereocenters. The van der Waals surface area contributed by atoms with Crippen molar-refractivity contribution < 1.29 is 9.90 Å². The van der Waals surface area contributed by atoms with E-state index in [1.165, 1.54) is 36.8 Å². The van der Waals surface area contributed by atoms with Crippen molar-refractivity contribution in [3.05, 3.63) is 83.0 Å². The summed E-state index contributed by atoms with van der Waals surface area (Å²) in [7, 11) is 0. The minimum absolute atomic E-state index is 0.687. The van der Waals surface area contributed by atoms with Gasteiger partial charge in [0.2, 0.25) is 0 Å². The van der Waals surface area contributed by atoms with Crippen LogP contribution in [0, 0.1) is 0 Å². The molecule has 1 aliphatic rings. The first-order chi connectivity index (χ1) is 18.3. The average molecular weight is 587 g/mol. The number of amidine groups is 2. The van der Waals surface area contributed by atoms with Crippen LogP contribution in [0.4, 0.5) is 0 Å². The van der Waals surface area contributed by atoms with Gasteiger partial charge < -0.3 is 10.4 Å². The zero-order valence-corrected chi connectivity index (χ0v) is 26.2. The average Bonchev–Trinajstić information content (AvgIpc) is 3.32. The second-order valence-electron chi connectivity index (χ2n) is 7.56. The number of carbonyl (C=O) groups is 1. The summed E-state index contributed by atoms with van der Waals surface area (Å²) in [6.45, 7) is 20.1. The van der Waals surface area contributed by atoms with Crippen LogP contribution in [0.1, 0.15) is 86.6 Å². The van der Waals surface area contributed by atoms with Crippen LogP contribution in [0.15, 0.2) is 87.4 Å². The molecule has 0 radical (unpaired) electrons. The Morgan fingerprint density at radius 2 is 1.37 bits per heavy atom. The van der Waals surface area contributed by atoms with Crippen molar-refractivity contribution in [2.45, 2.75) is 81.1 Å². The molecular weight excluding hydrogens is 538 g/mol. The summed E-state index contributed by atoms with van der Waals surface area (Å²) in [6.07, 6.45) is 7.43. The quantitative estimate of drug-likeness (QED) is 0.317. The molecule has 5 nitrogen and oxygen atoms in total. The number of hydrogen-bond donors (Lipinski definition) is 2. The second-order valence-corrected chi connectivity index (χ2v) is 8.58. The van der Waals surface area contributed by atoms with Gasteiger partial charge in [0, 0.05) is 23.5 Å². The van der Waals surface area contributed by atoms with Gasteiger partial charge in [-0.15, -0.1) is 0 Å². The van der Waals surface area contributed by atoms with Gasteiger partial charge in [0.15, 0.2) is 5.84 Å². The largest absolute Gasteiger partial charge is 0.481 e. The molecule has 0 bridgehead atoms. The van der Waals surface area contributed by atoms with Crippen LogP contribution in [0.25, 0.3) is 11.1 Å². The maximum Gasteiger partial charge on any atom is 0.300 e. The van der Waals surface area contributed by atoms with Gasteiger partial charge in [-0.2, -0.15) is 0 Å². The number of carboxylic acids is 1. The maximum atomic E-state index is 9.00. The molecule has 0 aliphatic carbocycles. The van der Waals surface area contributed by atoms with Gasteiger partial charge in [-0.25, -0.2) is 4.99 Å². The van der Waals surface area contributed by atoms with Gasteiger partial charge >= 0.3 is 0 Å². The van der Waals surface area contributed by atoms with E-state index < -0.39 is 5.97 Å². The van der Waals surface area contributed by atoms with E-state index in [0.717, 1.165) is 28.5 Å². The monoisotopic (exact) mass is 585 g/mol. The molecule has 1 aliphatic heterocycles. The van der Waals surface area contributed by atoms with E-state index in [0.29, 0.717) is 12.4 Å². The Morgan fingerprint density at radius 1 is 0.921 bits per heavy atom. The first-order valence-electron chi connectivity index (χ1n) is 13.6. The number of hydrogen-bond acceptors (Lipinski definition) is 3. The number of aliphatic carboxylic acids is 1. The Hall–Kier alpha value is -2.99. The fraction of sp³-hybridized carbons (Fsp3) is 0.406. The van der Waals surface area contributed by atoms with Gasteiger partial charge in [0.25, 0.3) is 5.97 Å². The Morgan fingerprint density at radius 3 is 1.79 bits per heavy atom. The molecule has 0 aromatic heterocycles. The highest BCUT2D eigenvalue weighted by molar-refractivity contribution is 9.11. The van der Waals surface area contributed by atoms with Crippen molar-refractivity contribution in [2.24, 2.45) is 9.98 Å². The number of benzene rings is 2. The van der Waals surface area contributed by atoms with Crippen LogP contribution in [-0.2, 0) is 4.79 Å². The van der Waals surface area contributed by atoms with E-state index in [2.05, 4.69) is 88.1 Å². The summed E-state index contributed by atoms with van der Waals surface area (Å²) < 4.78 is 0.782. The highest BCUT2D eigenvalue weighted by Crippen LogP contribution is 2.21. The molecule has 0 saturated heterocycles. The van der Waals surface area contributed by atoms with Gasteiger partial charge in [0.05, 0.1) is 5.70 Å². The van der Waals surface area contributed by atoms with Gasteiger partial charge in [-0.3, -0.25) is 9.79 Å². The minimum Gasteiger partial charge on any atom is -0.481 e. The lowest BCUT2D eigenvalue weighted by atomic mass is 10.0. The molecule has 38 heavy (non-hydrogen) atoms. The molecule has 0 saturated carbocycles. The van der Waals surface area contributed by atoms with Crippen LogP contribution in [0.3, 0.4) is 0 Å². The molecule has 0 fully saturated rings. The van der Waals surface area contributed by atoms with Crippen molar-refractivity contribution in [1.29, 1.82) is 0 Å². The number of rotatable bonds is 7. The van der Waals surface area contributed by atoms with Crippen molar-refractivity contribution in [3.63, 3.8) is 0 Å². The first kappa shape index (κ1) is 37.2. The number of allylic oxidation sites excluding steroid dienone is 2. The van der Waals surface area contributed by atoms with Crippen LogP contribution in [0.2, 0.25) is 0 Å². The number of nitrogens with zero attached hydrogens (tertiary/aromatic N) is 2. The highest BCUT2D eigenvalue weighted by Gasteiger charge is 2.19. The summed E-state index contributed by atoms with van der Waals surface area (Å²) in [6, 6.07) is 18.7. The van der Waals surface area contributed by atoms with Gasteiger partial charge in [-0.1, -0.05) is 144 Å². The summed E-state index contributed by atoms with van der Waals surface area (Å²) in [4.78, 5) is 18.0. The smallest absolute Gasteiger partial charge is 0.300 e. The second kappa shape index (κ2) is 24.4. The normalized spacial score (nSPS) is 13.1. The van der Waals surface area contributed by atoms with Crippen LogP contribution in [-0.4, -0.2) is 29.3 Å². The SMILES string of the molecule is C=C(Br)/C=C1/NC(c2ccc(-c3ccccc3)cc2)=NC1=NCC.CC.CC.CC(=O)O.CCCCCC. The lowest BCUT2D eigenvalue weighted by molar-refractivity contribution is -0.134. The third kappa shape index (κ3) is 16.7. The standard InChI is InChI=1S/C20H18BrN3.C6H14.C2H4O2.2C2H6/c1-3-22-20-18(13-14(2)21)23-19(24-20)17-11-9-16(10-12-17)15-7-5-4-6-8-15;1-3-5-6-4-2;1-2(3)4;2*1-2/h4-13H,2-3H2,1H3,(H,22,23,24);3-6H2,1-2H3;1H3,(H,3,4);2*1-2H3/b18-13+;;;;. The van der Waals surface area contributed by atoms with Gasteiger partial charge in [0.1, 0.15) is 5.84 Å². The summed E-state index contributed by atoms with van der Waals surface area (Å²) in [5.74, 6) is 0.682. The molecule has 2 aromatic carbocycles. The molecule has 2 aromatic rings. The Bertz CT molecular complexity index is 987. The highest BCUT2D eigenvalue weighted by atomic mass is 79.9. The van der Waals surface area contributed by atoms with E-state index in [1.807, 2.05) is 58.9 Å². The summed E-state index contributed by atoms with van der Waals surface area (Å²) >= 11 is 3.36. The molecular formula is C32H48BrN3O2. The lowest BCUT2D eigenvalue weighted by Crippen LogP contribution is -2.19. The Kier molecular flexibility index (Phi) is 23.8. The van der Waals surface area contributed by atoms with E-state index in [-0.39, 0.29) is 0 Å². The van der Waals surface area contributed by atoms with Crippen molar-refractivity contribution in [1.82, 2.24) is 5.32 Å². The number of aliphatic imine (C=N–C) groups is 2. The molecule has 3 rings (SSSR count). The topological polar surface area (TPSA) is 74.0 Å². The van der Waals surface area contributed by atoms with E-state index in [9.17, 15) is 0 Å². The first-order valence-corrected chi connectivity index (χ1v) is 14.4. The fourth-order valence-corrected chi connectivity index (χ4v) is 3.22. The molecule has 6 heteroatoms. The van der Waals surface area contributed by atoms with E-state index in [4.69, 9.17) is 9.90 Å². The summed E-state index contributed by atoms with van der Waals surface area (Å²) in [5.41, 5.74) is 4.28. The van der Waals surface area contributed by atoms with E-state index >= 15 is 0 Å². The van der Waals surface area contributed by atoms with Crippen molar-refractivity contribution in [3.8, 4) is 11.1 Å². The lowest BCUT2D eigenvalue weighted by Gasteiger charge is -2.05. The Balaban J connectivity index is 0. The third-order valence-corrected chi connectivity index (χ3v) is 4.77.